The maximum Gasteiger partial charge on any atom is 0.333 e. The van der Waals surface area contributed by atoms with Gasteiger partial charge in [-0.15, -0.1) is 11.3 Å². The van der Waals surface area contributed by atoms with Crippen molar-refractivity contribution < 1.29 is 23.0 Å². The van der Waals surface area contributed by atoms with Crippen molar-refractivity contribution in [1.29, 1.82) is 0 Å². The van der Waals surface area contributed by atoms with Gasteiger partial charge in [-0.25, -0.2) is 13.6 Å². The molecule has 0 aliphatic carbocycles. The second kappa shape index (κ2) is 7.41. The SMILES string of the molecule is C=C(C)C(=O)OCCCc1ccc2c(sc3c(F)c(OC)ccc32)c1F. The van der Waals surface area contributed by atoms with E-state index >= 15 is 0 Å². The van der Waals surface area contributed by atoms with E-state index in [1.807, 2.05) is 0 Å². The highest BCUT2D eigenvalue weighted by molar-refractivity contribution is 7.25. The Bertz CT molecular complexity index is 1010. The predicted octanol–water partition coefficient (Wildman–Crippen LogP) is 5.39. The number of thiophene rings is 1. The number of carbonyl (C=O) groups excluding carboxylic acids is 1. The van der Waals surface area contributed by atoms with Gasteiger partial charge >= 0.3 is 5.97 Å². The Balaban J connectivity index is 1.86. The zero-order valence-electron chi connectivity index (χ0n) is 14.5. The first kappa shape index (κ1) is 18.3. The highest BCUT2D eigenvalue weighted by Crippen LogP contribution is 2.40. The van der Waals surface area contributed by atoms with Crippen molar-refractivity contribution in [3.63, 3.8) is 0 Å². The Hall–Kier alpha value is -2.47. The molecule has 1 aromatic heterocycles. The van der Waals surface area contributed by atoms with Crippen LogP contribution in [-0.2, 0) is 16.0 Å². The van der Waals surface area contributed by atoms with Gasteiger partial charge in [0.1, 0.15) is 5.82 Å². The van der Waals surface area contributed by atoms with Crippen molar-refractivity contribution in [1.82, 2.24) is 0 Å². The Kier molecular flexibility index (Phi) is 5.23. The average molecular weight is 376 g/mol. The van der Waals surface area contributed by atoms with Crippen molar-refractivity contribution in [3.8, 4) is 5.75 Å². The summed E-state index contributed by atoms with van der Waals surface area (Å²) in [6.45, 7) is 5.28. The molecule has 0 atom stereocenters. The second-order valence-electron chi connectivity index (χ2n) is 6.00. The molecule has 1 heterocycles. The first-order chi connectivity index (χ1) is 12.4. The first-order valence-corrected chi connectivity index (χ1v) is 8.94. The van der Waals surface area contributed by atoms with Gasteiger partial charge in [0.2, 0.25) is 0 Å². The van der Waals surface area contributed by atoms with Gasteiger partial charge in [-0.3, -0.25) is 0 Å². The minimum absolute atomic E-state index is 0.143. The molecule has 136 valence electrons. The van der Waals surface area contributed by atoms with Crippen LogP contribution in [0.25, 0.3) is 20.2 Å². The van der Waals surface area contributed by atoms with Crippen LogP contribution in [0.5, 0.6) is 5.75 Å². The molecule has 0 saturated heterocycles. The van der Waals surface area contributed by atoms with Crippen molar-refractivity contribution in [2.75, 3.05) is 13.7 Å². The predicted molar refractivity (Wildman–Crippen MR) is 99.9 cm³/mol. The molecule has 0 aliphatic rings. The number of esters is 1. The van der Waals surface area contributed by atoms with Gasteiger partial charge in [-0.05, 0) is 37.5 Å². The average Bonchev–Trinajstić information content (AvgIpc) is 3.01. The fourth-order valence-corrected chi connectivity index (χ4v) is 3.95. The summed E-state index contributed by atoms with van der Waals surface area (Å²) in [7, 11) is 1.40. The standard InChI is InChI=1S/C20H18F2O3S/c1-11(2)20(23)25-10-4-5-12-6-7-13-14-8-9-15(24-3)17(22)19(14)26-18(13)16(12)21/h6-9H,1,4-5,10H2,2-3H3. The topological polar surface area (TPSA) is 35.5 Å². The van der Waals surface area contributed by atoms with E-state index in [4.69, 9.17) is 9.47 Å². The highest BCUT2D eigenvalue weighted by atomic mass is 32.1. The van der Waals surface area contributed by atoms with E-state index < -0.39 is 11.8 Å². The molecule has 0 unspecified atom stereocenters. The highest BCUT2D eigenvalue weighted by Gasteiger charge is 2.17. The monoisotopic (exact) mass is 376 g/mol. The first-order valence-electron chi connectivity index (χ1n) is 8.12. The number of rotatable bonds is 6. The van der Waals surface area contributed by atoms with Crippen LogP contribution in [0, 0.1) is 11.6 Å². The van der Waals surface area contributed by atoms with Crippen LogP contribution in [0.15, 0.2) is 36.4 Å². The third-order valence-corrected chi connectivity index (χ3v) is 5.33. The number of fused-ring (bicyclic) bond motifs is 3. The quantitative estimate of drug-likeness (QED) is 0.329. The lowest BCUT2D eigenvalue weighted by atomic mass is 10.1. The van der Waals surface area contributed by atoms with E-state index in [0.29, 0.717) is 44.2 Å². The van der Waals surface area contributed by atoms with Crippen LogP contribution in [0.3, 0.4) is 0 Å². The number of hydrogen-bond donors (Lipinski definition) is 0. The van der Waals surface area contributed by atoms with Gasteiger partial charge in [0.05, 0.1) is 23.1 Å². The maximum atomic E-state index is 14.9. The number of halogens is 2. The summed E-state index contributed by atoms with van der Waals surface area (Å²) in [6, 6.07) is 6.79. The molecular weight excluding hydrogens is 358 g/mol. The smallest absolute Gasteiger partial charge is 0.333 e. The lowest BCUT2D eigenvalue weighted by Crippen LogP contribution is -2.07. The molecule has 2 aromatic carbocycles. The number of hydrogen-bond acceptors (Lipinski definition) is 4. The Morgan fingerprint density at radius 2 is 1.77 bits per heavy atom. The van der Waals surface area contributed by atoms with Gasteiger partial charge in [0.15, 0.2) is 11.6 Å². The summed E-state index contributed by atoms with van der Waals surface area (Å²) < 4.78 is 40.1. The lowest BCUT2D eigenvalue weighted by Gasteiger charge is -2.06. The molecule has 3 nitrogen and oxygen atoms in total. The van der Waals surface area contributed by atoms with Gasteiger partial charge in [-0.2, -0.15) is 0 Å². The maximum absolute atomic E-state index is 14.9. The third kappa shape index (κ3) is 3.29. The number of methoxy groups -OCH3 is 1. The van der Waals surface area contributed by atoms with Gasteiger partial charge < -0.3 is 9.47 Å². The minimum Gasteiger partial charge on any atom is -0.494 e. The number of ether oxygens (including phenoxy) is 2. The van der Waals surface area contributed by atoms with Crippen molar-refractivity contribution in [2.24, 2.45) is 0 Å². The normalized spacial score (nSPS) is 11.1. The molecule has 0 saturated carbocycles. The number of aryl methyl sites for hydroxylation is 1. The summed E-state index contributed by atoms with van der Waals surface area (Å²) >= 11 is 1.08. The molecule has 0 bridgehead atoms. The zero-order chi connectivity index (χ0) is 18.8. The second-order valence-corrected chi connectivity index (χ2v) is 7.02. The van der Waals surface area contributed by atoms with E-state index in [9.17, 15) is 13.6 Å². The van der Waals surface area contributed by atoms with Crippen LogP contribution >= 0.6 is 11.3 Å². The summed E-state index contributed by atoms with van der Waals surface area (Å²) in [6.07, 6.45) is 0.916. The molecule has 6 heteroatoms. The Labute approximate surface area is 153 Å². The molecule has 0 aliphatic heterocycles. The fraction of sp³-hybridized carbons (Fsp3) is 0.250. The molecule has 3 aromatic rings. The molecular formula is C20H18F2O3S. The van der Waals surface area contributed by atoms with Crippen LogP contribution in [0.4, 0.5) is 8.78 Å². The summed E-state index contributed by atoms with van der Waals surface area (Å²) in [5.41, 5.74) is 0.850. The van der Waals surface area contributed by atoms with Crippen molar-refractivity contribution in [3.05, 3.63) is 53.6 Å². The van der Waals surface area contributed by atoms with Crippen LogP contribution in [0.1, 0.15) is 18.9 Å². The van der Waals surface area contributed by atoms with E-state index in [1.54, 1.807) is 31.2 Å². The van der Waals surface area contributed by atoms with E-state index in [-0.39, 0.29) is 18.2 Å². The fourth-order valence-electron chi connectivity index (χ4n) is 2.76. The van der Waals surface area contributed by atoms with Gasteiger partial charge in [0.25, 0.3) is 0 Å². The number of benzene rings is 2. The molecule has 0 spiro atoms. The van der Waals surface area contributed by atoms with Crippen LogP contribution in [0.2, 0.25) is 0 Å². The zero-order valence-corrected chi connectivity index (χ0v) is 15.3. The van der Waals surface area contributed by atoms with Crippen molar-refractivity contribution >= 4 is 37.5 Å². The molecule has 3 rings (SSSR count). The van der Waals surface area contributed by atoms with Crippen LogP contribution < -0.4 is 4.74 Å². The van der Waals surface area contributed by atoms with E-state index in [2.05, 4.69) is 6.58 Å². The van der Waals surface area contributed by atoms with Gasteiger partial charge in [0, 0.05) is 16.3 Å². The van der Waals surface area contributed by atoms with Gasteiger partial charge in [-0.1, -0.05) is 18.7 Å². The molecule has 26 heavy (non-hydrogen) atoms. The minimum atomic E-state index is -0.473. The van der Waals surface area contributed by atoms with E-state index in [0.717, 1.165) is 11.3 Å². The summed E-state index contributed by atoms with van der Waals surface area (Å²) in [5, 5.41) is 1.35. The molecule has 0 amide bonds. The molecule has 0 N–H and O–H groups in total. The lowest BCUT2D eigenvalue weighted by molar-refractivity contribution is -0.139. The van der Waals surface area contributed by atoms with Crippen LogP contribution in [-0.4, -0.2) is 19.7 Å². The Morgan fingerprint density at radius 1 is 1.12 bits per heavy atom. The third-order valence-electron chi connectivity index (χ3n) is 4.13. The Morgan fingerprint density at radius 3 is 2.42 bits per heavy atom. The van der Waals surface area contributed by atoms with E-state index in [1.165, 1.54) is 7.11 Å². The molecule has 0 fully saturated rings. The van der Waals surface area contributed by atoms with Crippen molar-refractivity contribution in [2.45, 2.75) is 19.8 Å². The summed E-state index contributed by atoms with van der Waals surface area (Å²) in [5.74, 6) is -1.13. The largest absolute Gasteiger partial charge is 0.494 e. The molecule has 0 radical (unpaired) electrons. The summed E-state index contributed by atoms with van der Waals surface area (Å²) in [4.78, 5) is 11.3. The number of carbonyl (C=O) groups is 1.